The van der Waals surface area contributed by atoms with Gasteiger partial charge in [-0.1, -0.05) is 18.2 Å². The Balaban J connectivity index is 1.85. The third kappa shape index (κ3) is 3.03. The van der Waals surface area contributed by atoms with Crippen LogP contribution in [0.1, 0.15) is 20.7 Å². The molecule has 0 bridgehead atoms. The summed E-state index contributed by atoms with van der Waals surface area (Å²) in [5.41, 5.74) is 2.22. The number of aromatic nitrogens is 1. The SMILES string of the molecule is COC(=O)c1ccc(C(=O)Nc2cccc3cccnc23)cc1. The van der Waals surface area contributed by atoms with Crippen molar-refractivity contribution in [3.8, 4) is 0 Å². The summed E-state index contributed by atoms with van der Waals surface area (Å²) in [5, 5.41) is 3.80. The minimum absolute atomic E-state index is 0.264. The van der Waals surface area contributed by atoms with E-state index in [9.17, 15) is 9.59 Å². The van der Waals surface area contributed by atoms with E-state index in [2.05, 4.69) is 15.0 Å². The van der Waals surface area contributed by atoms with E-state index in [0.29, 0.717) is 16.8 Å². The zero-order valence-electron chi connectivity index (χ0n) is 12.4. The molecule has 3 aromatic rings. The molecule has 1 aromatic heterocycles. The maximum atomic E-state index is 12.4. The molecule has 0 fully saturated rings. The quantitative estimate of drug-likeness (QED) is 0.754. The van der Waals surface area contributed by atoms with Gasteiger partial charge in [0, 0.05) is 17.1 Å². The van der Waals surface area contributed by atoms with Crippen LogP contribution in [-0.2, 0) is 4.74 Å². The number of hydrogen-bond acceptors (Lipinski definition) is 4. The summed E-state index contributed by atoms with van der Waals surface area (Å²) in [5.74, 6) is -0.699. The molecule has 0 atom stereocenters. The molecule has 0 saturated carbocycles. The first kappa shape index (κ1) is 14.7. The number of para-hydroxylation sites is 1. The van der Waals surface area contributed by atoms with Gasteiger partial charge in [0.25, 0.3) is 5.91 Å². The van der Waals surface area contributed by atoms with Crippen molar-refractivity contribution in [2.75, 3.05) is 12.4 Å². The Hall–Kier alpha value is -3.21. The van der Waals surface area contributed by atoms with E-state index in [4.69, 9.17) is 0 Å². The normalized spacial score (nSPS) is 10.3. The number of nitrogens with one attached hydrogen (secondary N) is 1. The zero-order valence-corrected chi connectivity index (χ0v) is 12.4. The van der Waals surface area contributed by atoms with Crippen LogP contribution < -0.4 is 5.32 Å². The summed E-state index contributed by atoms with van der Waals surface area (Å²) < 4.78 is 4.63. The van der Waals surface area contributed by atoms with E-state index >= 15 is 0 Å². The first-order valence-electron chi connectivity index (χ1n) is 7.02. The number of methoxy groups -OCH3 is 1. The fourth-order valence-electron chi connectivity index (χ4n) is 2.28. The third-order valence-corrected chi connectivity index (χ3v) is 3.45. The highest BCUT2D eigenvalue weighted by Crippen LogP contribution is 2.21. The number of nitrogens with zero attached hydrogens (tertiary/aromatic N) is 1. The molecule has 5 heteroatoms. The molecule has 0 aliphatic heterocycles. The first-order valence-corrected chi connectivity index (χ1v) is 7.02. The van der Waals surface area contributed by atoms with Crippen molar-refractivity contribution in [1.82, 2.24) is 4.98 Å². The lowest BCUT2D eigenvalue weighted by Gasteiger charge is -2.08. The van der Waals surface area contributed by atoms with Crippen LogP contribution >= 0.6 is 0 Å². The van der Waals surface area contributed by atoms with Crippen LogP contribution in [0.25, 0.3) is 10.9 Å². The van der Waals surface area contributed by atoms with Gasteiger partial charge in [0.15, 0.2) is 0 Å². The largest absolute Gasteiger partial charge is 0.465 e. The van der Waals surface area contributed by atoms with Gasteiger partial charge in [-0.25, -0.2) is 4.79 Å². The van der Waals surface area contributed by atoms with Gasteiger partial charge in [-0.2, -0.15) is 0 Å². The van der Waals surface area contributed by atoms with Gasteiger partial charge in [0.2, 0.25) is 0 Å². The molecular weight excluding hydrogens is 292 g/mol. The van der Waals surface area contributed by atoms with Gasteiger partial charge in [-0.05, 0) is 36.4 Å². The van der Waals surface area contributed by atoms with Crippen LogP contribution in [0, 0.1) is 0 Å². The van der Waals surface area contributed by atoms with Crippen LogP contribution in [0.5, 0.6) is 0 Å². The third-order valence-electron chi connectivity index (χ3n) is 3.45. The highest BCUT2D eigenvalue weighted by molar-refractivity contribution is 6.08. The van der Waals surface area contributed by atoms with E-state index in [1.807, 2.05) is 24.3 Å². The smallest absolute Gasteiger partial charge is 0.337 e. The topological polar surface area (TPSA) is 68.3 Å². The van der Waals surface area contributed by atoms with Gasteiger partial charge in [-0.15, -0.1) is 0 Å². The number of carbonyl (C=O) groups is 2. The Bertz CT molecular complexity index is 868. The second-order valence-electron chi connectivity index (χ2n) is 4.90. The average molecular weight is 306 g/mol. The van der Waals surface area contributed by atoms with Gasteiger partial charge in [-0.3, -0.25) is 9.78 Å². The molecule has 114 valence electrons. The van der Waals surface area contributed by atoms with Crippen LogP contribution in [-0.4, -0.2) is 24.0 Å². The summed E-state index contributed by atoms with van der Waals surface area (Å²) in [7, 11) is 1.32. The molecule has 1 heterocycles. The lowest BCUT2D eigenvalue weighted by Crippen LogP contribution is -2.12. The summed E-state index contributed by atoms with van der Waals surface area (Å²) in [6, 6.07) is 15.7. The molecule has 2 aromatic carbocycles. The van der Waals surface area contributed by atoms with Gasteiger partial charge >= 0.3 is 5.97 Å². The predicted octanol–water partition coefficient (Wildman–Crippen LogP) is 3.27. The molecule has 23 heavy (non-hydrogen) atoms. The summed E-state index contributed by atoms with van der Waals surface area (Å²) in [4.78, 5) is 28.1. The maximum Gasteiger partial charge on any atom is 0.337 e. The number of hydrogen-bond donors (Lipinski definition) is 1. The average Bonchev–Trinajstić information content (AvgIpc) is 2.61. The van der Waals surface area contributed by atoms with Crippen molar-refractivity contribution < 1.29 is 14.3 Å². The van der Waals surface area contributed by atoms with Crippen LogP contribution in [0.15, 0.2) is 60.8 Å². The highest BCUT2D eigenvalue weighted by atomic mass is 16.5. The van der Waals surface area contributed by atoms with Crippen LogP contribution in [0.2, 0.25) is 0 Å². The molecule has 0 unspecified atom stereocenters. The fourth-order valence-corrected chi connectivity index (χ4v) is 2.28. The number of benzene rings is 2. The predicted molar refractivity (Wildman–Crippen MR) is 87.5 cm³/mol. The lowest BCUT2D eigenvalue weighted by molar-refractivity contribution is 0.0600. The molecule has 0 saturated heterocycles. The van der Waals surface area contributed by atoms with Crippen molar-refractivity contribution in [1.29, 1.82) is 0 Å². The standard InChI is InChI=1S/C18H14N2O3/c1-23-18(22)14-9-7-13(8-10-14)17(21)20-15-6-2-4-12-5-3-11-19-16(12)15/h2-11H,1H3,(H,20,21). The highest BCUT2D eigenvalue weighted by Gasteiger charge is 2.11. The fraction of sp³-hybridized carbons (Fsp3) is 0.0556. The first-order chi connectivity index (χ1) is 11.2. The van der Waals surface area contributed by atoms with Crippen LogP contribution in [0.4, 0.5) is 5.69 Å². The number of fused-ring (bicyclic) bond motifs is 1. The second-order valence-corrected chi connectivity index (χ2v) is 4.90. The number of ether oxygens (including phenoxy) is 1. The minimum atomic E-state index is -0.435. The number of pyridine rings is 1. The van der Waals surface area contributed by atoms with E-state index in [-0.39, 0.29) is 5.91 Å². The Labute approximate surface area is 132 Å². The van der Waals surface area contributed by atoms with E-state index in [1.54, 1.807) is 36.5 Å². The Kier molecular flexibility index (Phi) is 4.01. The number of esters is 1. The number of carbonyl (C=O) groups excluding carboxylic acids is 2. The lowest BCUT2D eigenvalue weighted by atomic mass is 10.1. The Morgan fingerprint density at radius 1 is 0.957 bits per heavy atom. The second kappa shape index (κ2) is 6.27. The monoisotopic (exact) mass is 306 g/mol. The summed E-state index contributed by atoms with van der Waals surface area (Å²) in [6.45, 7) is 0. The summed E-state index contributed by atoms with van der Waals surface area (Å²) in [6.07, 6.45) is 1.68. The van der Waals surface area contributed by atoms with Gasteiger partial charge < -0.3 is 10.1 Å². The number of anilines is 1. The molecule has 0 radical (unpaired) electrons. The Morgan fingerprint density at radius 2 is 1.65 bits per heavy atom. The van der Waals surface area contributed by atoms with Crippen molar-refractivity contribution in [2.24, 2.45) is 0 Å². The van der Waals surface area contributed by atoms with Crippen molar-refractivity contribution in [3.63, 3.8) is 0 Å². The molecule has 0 aliphatic rings. The van der Waals surface area contributed by atoms with Gasteiger partial charge in [0.05, 0.1) is 23.9 Å². The molecule has 1 amide bonds. The van der Waals surface area contributed by atoms with Gasteiger partial charge in [0.1, 0.15) is 0 Å². The number of amides is 1. The zero-order chi connectivity index (χ0) is 16.2. The summed E-state index contributed by atoms with van der Waals surface area (Å²) >= 11 is 0. The molecule has 0 aliphatic carbocycles. The van der Waals surface area contributed by atoms with Crippen LogP contribution in [0.3, 0.4) is 0 Å². The molecule has 0 spiro atoms. The molecular formula is C18H14N2O3. The number of rotatable bonds is 3. The van der Waals surface area contributed by atoms with E-state index < -0.39 is 5.97 Å². The van der Waals surface area contributed by atoms with E-state index in [0.717, 1.165) is 10.9 Å². The minimum Gasteiger partial charge on any atom is -0.465 e. The maximum absolute atomic E-state index is 12.4. The Morgan fingerprint density at radius 3 is 2.39 bits per heavy atom. The van der Waals surface area contributed by atoms with Crippen molar-refractivity contribution in [3.05, 3.63) is 71.9 Å². The molecule has 1 N–H and O–H groups in total. The molecule has 3 rings (SSSR count). The van der Waals surface area contributed by atoms with E-state index in [1.165, 1.54) is 7.11 Å². The van der Waals surface area contributed by atoms with Crippen molar-refractivity contribution in [2.45, 2.75) is 0 Å². The van der Waals surface area contributed by atoms with Crippen molar-refractivity contribution >= 4 is 28.5 Å². The molecule has 5 nitrogen and oxygen atoms in total.